The first-order chi connectivity index (χ1) is 13.3. The number of H-pyrrole nitrogens is 2. The molecule has 0 fully saturated rings. The van der Waals surface area contributed by atoms with E-state index >= 15 is 0 Å². The van der Waals surface area contributed by atoms with Crippen LogP contribution in [0.1, 0.15) is 89.2 Å². The van der Waals surface area contributed by atoms with Crippen molar-refractivity contribution in [1.29, 1.82) is 0 Å². The summed E-state index contributed by atoms with van der Waals surface area (Å²) in [6, 6.07) is 2.74. The van der Waals surface area contributed by atoms with Crippen LogP contribution >= 0.6 is 0 Å². The molecular weight excluding hydrogens is 356 g/mol. The van der Waals surface area contributed by atoms with Crippen molar-refractivity contribution in [3.63, 3.8) is 0 Å². The number of carbonyl (C=O) groups excluding carboxylic acids is 2. The maximum Gasteiger partial charge on any atom is 0.248 e. The normalized spacial score (nSPS) is 13.0. The van der Waals surface area contributed by atoms with Gasteiger partial charge >= 0.3 is 0 Å². The van der Waals surface area contributed by atoms with Gasteiger partial charge in [-0.25, -0.2) is 0 Å². The molecule has 0 saturated carbocycles. The fraction of sp³-hybridized carbons (Fsp3) is 0.455. The van der Waals surface area contributed by atoms with Gasteiger partial charge in [-0.3, -0.25) is 19.2 Å². The summed E-state index contributed by atoms with van der Waals surface area (Å²) in [5.74, 6) is -0.135. The SMILES string of the molecule is Cc1cc(=O)[nH]c2c1C(=O)c1c(CCCCCCC(C)C)cc(=O)[nH]c1C2=O. The second-order valence-electron chi connectivity index (χ2n) is 7.98. The quantitative estimate of drug-likeness (QED) is 0.612. The highest BCUT2D eigenvalue weighted by Gasteiger charge is 2.34. The Kier molecular flexibility index (Phi) is 5.77. The molecular formula is C22H26N2O4. The maximum absolute atomic E-state index is 13.1. The van der Waals surface area contributed by atoms with Crippen LogP contribution in [0.5, 0.6) is 0 Å². The number of hydrogen-bond acceptors (Lipinski definition) is 4. The lowest BCUT2D eigenvalue weighted by Gasteiger charge is -2.20. The number of ketones is 2. The van der Waals surface area contributed by atoms with Crippen molar-refractivity contribution in [2.75, 3.05) is 0 Å². The molecule has 3 rings (SSSR count). The first kappa shape index (κ1) is 20.0. The van der Waals surface area contributed by atoms with Gasteiger partial charge in [-0.1, -0.05) is 39.5 Å². The lowest BCUT2D eigenvalue weighted by molar-refractivity contribution is 0.0969. The van der Waals surface area contributed by atoms with Crippen LogP contribution in [0, 0.1) is 12.8 Å². The van der Waals surface area contributed by atoms with Crippen LogP contribution in [0.25, 0.3) is 0 Å². The zero-order valence-corrected chi connectivity index (χ0v) is 16.6. The second-order valence-corrected chi connectivity index (χ2v) is 7.98. The average Bonchev–Trinajstić information content (AvgIpc) is 2.61. The predicted octanol–water partition coefficient (Wildman–Crippen LogP) is 3.30. The summed E-state index contributed by atoms with van der Waals surface area (Å²) in [7, 11) is 0. The topological polar surface area (TPSA) is 99.9 Å². The van der Waals surface area contributed by atoms with E-state index in [9.17, 15) is 19.2 Å². The summed E-state index contributed by atoms with van der Waals surface area (Å²) in [5, 5.41) is 0. The Labute approximate surface area is 163 Å². The number of aryl methyl sites for hydroxylation is 2. The number of carbonyl (C=O) groups is 2. The summed E-state index contributed by atoms with van der Waals surface area (Å²) in [4.78, 5) is 54.8. The van der Waals surface area contributed by atoms with Crippen molar-refractivity contribution < 1.29 is 9.59 Å². The molecule has 2 aromatic heterocycles. The average molecular weight is 382 g/mol. The lowest BCUT2D eigenvalue weighted by Crippen LogP contribution is -2.31. The molecule has 2 N–H and O–H groups in total. The Morgan fingerprint density at radius 2 is 1.39 bits per heavy atom. The Morgan fingerprint density at radius 1 is 0.786 bits per heavy atom. The number of aromatic amines is 2. The molecule has 2 heterocycles. The highest BCUT2D eigenvalue weighted by molar-refractivity contribution is 6.27. The molecule has 6 heteroatoms. The van der Waals surface area contributed by atoms with E-state index in [2.05, 4.69) is 23.8 Å². The standard InChI is InChI=1S/C22H26N2O4/c1-12(2)8-6-4-5-7-9-14-11-16(26)24-20-18(14)21(27)17-13(3)10-15(25)23-19(17)22(20)28/h10-12H,4-9H2,1-3H3,(H,23,25)(H,24,26). The highest BCUT2D eigenvalue weighted by Crippen LogP contribution is 2.28. The first-order valence-corrected chi connectivity index (χ1v) is 9.89. The predicted molar refractivity (Wildman–Crippen MR) is 107 cm³/mol. The summed E-state index contributed by atoms with van der Waals surface area (Å²) in [5.41, 5.74) is 0.668. The Morgan fingerprint density at radius 3 is 2.07 bits per heavy atom. The Balaban J connectivity index is 1.89. The van der Waals surface area contributed by atoms with Gasteiger partial charge in [-0.05, 0) is 36.8 Å². The third-order valence-electron chi connectivity index (χ3n) is 5.25. The highest BCUT2D eigenvalue weighted by atomic mass is 16.2. The summed E-state index contributed by atoms with van der Waals surface area (Å²) in [6.07, 6.45) is 5.92. The van der Waals surface area contributed by atoms with Crippen molar-refractivity contribution in [2.45, 2.75) is 59.3 Å². The minimum absolute atomic E-state index is 0.0129. The van der Waals surface area contributed by atoms with E-state index in [0.29, 0.717) is 23.5 Å². The van der Waals surface area contributed by atoms with Crippen molar-refractivity contribution in [2.24, 2.45) is 5.92 Å². The van der Waals surface area contributed by atoms with Gasteiger partial charge in [0.15, 0.2) is 5.78 Å². The molecule has 28 heavy (non-hydrogen) atoms. The Hall–Kier alpha value is -2.76. The van der Waals surface area contributed by atoms with Gasteiger partial charge in [-0.15, -0.1) is 0 Å². The zero-order valence-electron chi connectivity index (χ0n) is 16.6. The van der Waals surface area contributed by atoms with E-state index in [1.165, 1.54) is 25.0 Å². The van der Waals surface area contributed by atoms with Crippen molar-refractivity contribution in [1.82, 2.24) is 9.97 Å². The number of aromatic nitrogens is 2. The van der Waals surface area contributed by atoms with Gasteiger partial charge in [0.25, 0.3) is 0 Å². The number of nitrogens with one attached hydrogen (secondary N) is 2. The molecule has 1 aliphatic rings. The number of rotatable bonds is 7. The number of fused-ring (bicyclic) bond motifs is 2. The van der Waals surface area contributed by atoms with Crippen LogP contribution in [0.2, 0.25) is 0 Å². The fourth-order valence-corrected chi connectivity index (χ4v) is 3.86. The fourth-order valence-electron chi connectivity index (χ4n) is 3.86. The molecule has 148 valence electrons. The van der Waals surface area contributed by atoms with Gasteiger partial charge in [0.2, 0.25) is 16.9 Å². The third kappa shape index (κ3) is 3.91. The molecule has 1 aliphatic carbocycles. The molecule has 0 spiro atoms. The lowest BCUT2D eigenvalue weighted by atomic mass is 9.84. The van der Waals surface area contributed by atoms with Gasteiger partial charge < -0.3 is 9.97 Å². The minimum atomic E-state index is -0.513. The molecule has 6 nitrogen and oxygen atoms in total. The van der Waals surface area contributed by atoms with Gasteiger partial charge in [0.1, 0.15) is 11.4 Å². The van der Waals surface area contributed by atoms with E-state index in [0.717, 1.165) is 19.3 Å². The molecule has 2 aromatic rings. The van der Waals surface area contributed by atoms with Crippen LogP contribution in [-0.4, -0.2) is 21.5 Å². The minimum Gasteiger partial charge on any atom is -0.318 e. The Bertz CT molecular complexity index is 1040. The summed E-state index contributed by atoms with van der Waals surface area (Å²) >= 11 is 0. The van der Waals surface area contributed by atoms with Crippen LogP contribution < -0.4 is 11.1 Å². The maximum atomic E-state index is 13.1. The molecule has 0 amide bonds. The molecule has 0 radical (unpaired) electrons. The van der Waals surface area contributed by atoms with Crippen LogP contribution in [0.4, 0.5) is 0 Å². The van der Waals surface area contributed by atoms with Gasteiger partial charge in [0, 0.05) is 12.1 Å². The van der Waals surface area contributed by atoms with Crippen LogP contribution in [0.3, 0.4) is 0 Å². The zero-order chi connectivity index (χ0) is 20.4. The van der Waals surface area contributed by atoms with Crippen molar-refractivity contribution in [3.05, 3.63) is 66.5 Å². The molecule has 0 bridgehead atoms. The van der Waals surface area contributed by atoms with Crippen LogP contribution in [-0.2, 0) is 6.42 Å². The molecule has 0 aromatic carbocycles. The van der Waals surface area contributed by atoms with Gasteiger partial charge in [0.05, 0.1) is 11.1 Å². The monoisotopic (exact) mass is 382 g/mol. The smallest absolute Gasteiger partial charge is 0.248 e. The van der Waals surface area contributed by atoms with Crippen molar-refractivity contribution >= 4 is 11.6 Å². The number of unbranched alkanes of at least 4 members (excludes halogenated alkanes) is 3. The van der Waals surface area contributed by atoms with E-state index in [1.807, 2.05) is 0 Å². The van der Waals surface area contributed by atoms with Crippen LogP contribution in [0.15, 0.2) is 21.7 Å². The second kappa shape index (κ2) is 8.09. The van der Waals surface area contributed by atoms with Gasteiger partial charge in [-0.2, -0.15) is 0 Å². The molecule has 0 aliphatic heterocycles. The summed E-state index contributed by atoms with van der Waals surface area (Å²) in [6.45, 7) is 6.06. The number of hydrogen-bond donors (Lipinski definition) is 2. The molecule has 0 atom stereocenters. The number of pyridine rings is 2. The third-order valence-corrected chi connectivity index (χ3v) is 5.25. The largest absolute Gasteiger partial charge is 0.318 e. The van der Waals surface area contributed by atoms with E-state index in [1.54, 1.807) is 6.92 Å². The summed E-state index contributed by atoms with van der Waals surface area (Å²) < 4.78 is 0. The van der Waals surface area contributed by atoms with E-state index in [-0.39, 0.29) is 28.3 Å². The first-order valence-electron chi connectivity index (χ1n) is 9.89. The molecule has 0 unspecified atom stereocenters. The van der Waals surface area contributed by atoms with Crippen molar-refractivity contribution in [3.8, 4) is 0 Å². The van der Waals surface area contributed by atoms with E-state index < -0.39 is 16.9 Å². The molecule has 0 saturated heterocycles. The van der Waals surface area contributed by atoms with E-state index in [4.69, 9.17) is 0 Å².